The number of hydrogen-bond donors (Lipinski definition) is 6. The molecule has 0 spiro atoms. The van der Waals surface area contributed by atoms with Crippen LogP contribution in [0, 0.1) is 12.3 Å². The van der Waals surface area contributed by atoms with Gasteiger partial charge in [0.2, 0.25) is 0 Å². The molecule has 2 heterocycles. The lowest BCUT2D eigenvalue weighted by atomic mass is 10.0. The Morgan fingerprint density at radius 3 is 2.84 bits per heavy atom. The highest BCUT2D eigenvalue weighted by Gasteiger charge is 2.36. The maximum atomic E-state index is 7.65. The minimum atomic E-state index is -0.229. The molecule has 32 heavy (non-hydrogen) atoms. The molecule has 0 saturated carbocycles. The summed E-state index contributed by atoms with van der Waals surface area (Å²) < 4.78 is 0. The van der Waals surface area contributed by atoms with Crippen LogP contribution in [0.25, 0.3) is 0 Å². The number of benzene rings is 1. The summed E-state index contributed by atoms with van der Waals surface area (Å²) in [7, 11) is 0. The molecule has 4 rings (SSSR count). The van der Waals surface area contributed by atoms with Gasteiger partial charge in [-0.25, -0.2) is 0 Å². The highest BCUT2D eigenvalue weighted by molar-refractivity contribution is 6.31. The first-order valence-electron chi connectivity index (χ1n) is 11.1. The van der Waals surface area contributed by atoms with Gasteiger partial charge in [-0.05, 0) is 37.6 Å². The fraction of sp³-hybridized carbons (Fsp3) is 0.435. The Morgan fingerprint density at radius 1 is 1.28 bits per heavy atom. The standard InChI is InChI=1S/C23H33ClN8/c1-15-5-3-4-6-18(15)30-23(28-14-25)32-10-9-31(13-21(32)16(2)26)22-12-27-19-8-7-17(24)11-20(19)29-22/h3-8,11-12,14,16,19-21,23,27,29-30H,9-10,13,26H2,1-2H3,(H2,25,28). The van der Waals surface area contributed by atoms with Gasteiger partial charge in [0.05, 0.1) is 18.4 Å². The molecular formula is C23H33ClN8. The molecule has 1 aromatic carbocycles. The maximum Gasteiger partial charge on any atom is 0.156 e. The molecule has 3 aliphatic rings. The molecule has 1 aliphatic carbocycles. The summed E-state index contributed by atoms with van der Waals surface area (Å²) in [4.78, 5) is 4.65. The third-order valence-corrected chi connectivity index (χ3v) is 6.59. The summed E-state index contributed by atoms with van der Waals surface area (Å²) in [5, 5.41) is 22.2. The second-order valence-corrected chi connectivity index (χ2v) is 9.02. The van der Waals surface area contributed by atoms with Crippen molar-refractivity contribution >= 4 is 23.6 Å². The van der Waals surface area contributed by atoms with Gasteiger partial charge >= 0.3 is 0 Å². The van der Waals surface area contributed by atoms with E-state index in [0.29, 0.717) is 0 Å². The van der Waals surface area contributed by atoms with E-state index < -0.39 is 0 Å². The highest BCUT2D eigenvalue weighted by Crippen LogP contribution is 2.23. The number of nitrogens with two attached hydrogens (primary N) is 1. The number of rotatable bonds is 7. The topological polar surface area (TPSA) is 104 Å². The van der Waals surface area contributed by atoms with E-state index in [1.807, 2.05) is 37.4 Å². The molecule has 7 N–H and O–H groups in total. The summed E-state index contributed by atoms with van der Waals surface area (Å²) in [6, 6.07) is 8.53. The molecule has 172 valence electrons. The monoisotopic (exact) mass is 456 g/mol. The van der Waals surface area contributed by atoms with E-state index in [0.717, 1.165) is 41.7 Å². The number of halogens is 1. The number of hydrogen-bond acceptors (Lipinski definition) is 7. The molecule has 0 bridgehead atoms. The molecule has 0 aromatic heterocycles. The quantitative estimate of drug-likeness (QED) is 0.210. The van der Waals surface area contributed by atoms with Gasteiger partial charge in [0.1, 0.15) is 5.82 Å². The number of allylic oxidation sites excluding steroid dienone is 2. The highest BCUT2D eigenvalue weighted by atomic mass is 35.5. The predicted octanol–water partition coefficient (Wildman–Crippen LogP) is 1.64. The van der Waals surface area contributed by atoms with Gasteiger partial charge < -0.3 is 31.9 Å². The zero-order valence-electron chi connectivity index (χ0n) is 18.6. The van der Waals surface area contributed by atoms with Crippen molar-refractivity contribution in [1.29, 1.82) is 5.41 Å². The van der Waals surface area contributed by atoms with Crippen LogP contribution in [-0.2, 0) is 0 Å². The normalized spacial score (nSPS) is 27.1. The third kappa shape index (κ3) is 4.87. The van der Waals surface area contributed by atoms with Crippen LogP contribution in [0.4, 0.5) is 5.69 Å². The van der Waals surface area contributed by atoms with Crippen LogP contribution < -0.4 is 27.0 Å². The molecule has 1 fully saturated rings. The van der Waals surface area contributed by atoms with Crippen LogP contribution in [0.5, 0.6) is 0 Å². The van der Waals surface area contributed by atoms with Gasteiger partial charge in [0, 0.05) is 48.6 Å². The van der Waals surface area contributed by atoms with Gasteiger partial charge in [-0.3, -0.25) is 10.3 Å². The molecular weight excluding hydrogens is 424 g/mol. The second kappa shape index (κ2) is 9.85. The van der Waals surface area contributed by atoms with E-state index in [4.69, 9.17) is 22.7 Å². The molecule has 1 saturated heterocycles. The van der Waals surface area contributed by atoms with Crippen molar-refractivity contribution in [1.82, 2.24) is 25.8 Å². The Kier molecular flexibility index (Phi) is 6.93. The summed E-state index contributed by atoms with van der Waals surface area (Å²) in [6.07, 6.45) is 9.11. The Hall–Kier alpha value is -2.68. The Labute approximate surface area is 195 Å². The Balaban J connectivity index is 1.49. The zero-order chi connectivity index (χ0) is 22.7. The molecule has 5 unspecified atom stereocenters. The van der Waals surface area contributed by atoms with Crippen molar-refractivity contribution in [2.24, 2.45) is 5.73 Å². The third-order valence-electron chi connectivity index (χ3n) is 6.33. The number of nitrogens with one attached hydrogen (secondary N) is 5. The number of anilines is 1. The van der Waals surface area contributed by atoms with E-state index in [-0.39, 0.29) is 30.5 Å². The molecule has 1 aromatic rings. The second-order valence-electron chi connectivity index (χ2n) is 8.59. The van der Waals surface area contributed by atoms with Gasteiger partial charge in [0.15, 0.2) is 6.29 Å². The Bertz CT molecular complexity index is 911. The lowest BCUT2D eigenvalue weighted by Crippen LogP contribution is -2.67. The van der Waals surface area contributed by atoms with Crippen molar-refractivity contribution in [2.75, 3.05) is 25.0 Å². The average Bonchev–Trinajstić information content (AvgIpc) is 2.79. The van der Waals surface area contributed by atoms with Crippen LogP contribution in [0.15, 0.2) is 59.5 Å². The van der Waals surface area contributed by atoms with Crippen LogP contribution >= 0.6 is 11.6 Å². The van der Waals surface area contributed by atoms with E-state index in [9.17, 15) is 0 Å². The molecule has 9 heteroatoms. The number of piperazine rings is 1. The van der Waals surface area contributed by atoms with E-state index in [2.05, 4.69) is 56.2 Å². The first-order chi connectivity index (χ1) is 15.5. The van der Waals surface area contributed by atoms with Gasteiger partial charge in [-0.2, -0.15) is 0 Å². The Morgan fingerprint density at radius 2 is 2.09 bits per heavy atom. The first-order valence-corrected chi connectivity index (χ1v) is 11.5. The van der Waals surface area contributed by atoms with Crippen molar-refractivity contribution < 1.29 is 0 Å². The predicted molar refractivity (Wildman–Crippen MR) is 131 cm³/mol. The minimum Gasteiger partial charge on any atom is -0.379 e. The SMILES string of the molecule is Cc1ccccc1NC(NC=N)N1CCN(C2=CNC3C=CC(Cl)=CC3N2)CC1C(C)N. The number of fused-ring (bicyclic) bond motifs is 1. The fourth-order valence-corrected chi connectivity index (χ4v) is 4.73. The van der Waals surface area contributed by atoms with Crippen molar-refractivity contribution in [3.63, 3.8) is 0 Å². The minimum absolute atomic E-state index is 0.0524. The number of nitrogens with zero attached hydrogens (tertiary/aromatic N) is 2. The van der Waals surface area contributed by atoms with Crippen LogP contribution in [0.1, 0.15) is 12.5 Å². The molecule has 2 aliphatic heterocycles. The van der Waals surface area contributed by atoms with Gasteiger partial charge in [-0.1, -0.05) is 35.9 Å². The van der Waals surface area contributed by atoms with E-state index >= 15 is 0 Å². The maximum absolute atomic E-state index is 7.65. The number of para-hydroxylation sites is 1. The molecule has 0 amide bonds. The van der Waals surface area contributed by atoms with E-state index in [1.54, 1.807) is 0 Å². The molecule has 8 nitrogen and oxygen atoms in total. The molecule has 5 atom stereocenters. The number of aryl methyl sites for hydroxylation is 1. The van der Waals surface area contributed by atoms with Crippen molar-refractivity contribution in [2.45, 2.75) is 44.3 Å². The smallest absolute Gasteiger partial charge is 0.156 e. The van der Waals surface area contributed by atoms with Crippen LogP contribution in [0.3, 0.4) is 0 Å². The van der Waals surface area contributed by atoms with Gasteiger partial charge in [-0.15, -0.1) is 0 Å². The van der Waals surface area contributed by atoms with Crippen LogP contribution in [-0.4, -0.2) is 66.2 Å². The summed E-state index contributed by atoms with van der Waals surface area (Å²) in [5.74, 6) is 1.05. The largest absolute Gasteiger partial charge is 0.379 e. The first kappa shape index (κ1) is 22.5. The summed E-state index contributed by atoms with van der Waals surface area (Å²) in [6.45, 7) is 6.52. The van der Waals surface area contributed by atoms with E-state index in [1.165, 1.54) is 6.34 Å². The van der Waals surface area contributed by atoms with Crippen LogP contribution in [0.2, 0.25) is 0 Å². The van der Waals surface area contributed by atoms with Gasteiger partial charge in [0.25, 0.3) is 0 Å². The van der Waals surface area contributed by atoms with Crippen molar-refractivity contribution in [3.05, 3.63) is 65.1 Å². The van der Waals surface area contributed by atoms with Crippen molar-refractivity contribution in [3.8, 4) is 0 Å². The molecule has 0 radical (unpaired) electrons. The summed E-state index contributed by atoms with van der Waals surface area (Å²) in [5.41, 5.74) is 8.66. The fourth-order valence-electron chi connectivity index (χ4n) is 4.52. The summed E-state index contributed by atoms with van der Waals surface area (Å²) >= 11 is 6.21. The lowest BCUT2D eigenvalue weighted by Gasteiger charge is -2.49. The zero-order valence-corrected chi connectivity index (χ0v) is 19.3. The average molecular weight is 457 g/mol. The lowest BCUT2D eigenvalue weighted by molar-refractivity contribution is 0.0443.